The van der Waals surface area contributed by atoms with E-state index in [0.717, 1.165) is 25.7 Å². The van der Waals surface area contributed by atoms with Crippen LogP contribution in [-0.2, 0) is 19.0 Å². The van der Waals surface area contributed by atoms with Crippen molar-refractivity contribution in [2.45, 2.75) is 75.5 Å². The molecule has 0 aliphatic carbocycles. The predicted octanol–water partition coefficient (Wildman–Crippen LogP) is 6.00. The lowest BCUT2D eigenvalue weighted by molar-refractivity contribution is -0.0896. The highest BCUT2D eigenvalue weighted by Gasteiger charge is 2.50. The summed E-state index contributed by atoms with van der Waals surface area (Å²) < 4.78 is 40.0. The molecule has 1 saturated heterocycles. The Bertz CT molecular complexity index is 1200. The van der Waals surface area contributed by atoms with Crippen LogP contribution in [0.15, 0.2) is 95.9 Å². The highest BCUT2D eigenvalue weighted by Crippen LogP contribution is 2.37. The normalized spacial score (nSPS) is 19.7. The molecule has 0 N–H and O–H groups in total. The van der Waals surface area contributed by atoms with Gasteiger partial charge in [0.05, 0.1) is 29.5 Å². The topological polar surface area (TPSA) is 52.6 Å². The van der Waals surface area contributed by atoms with E-state index in [2.05, 4.69) is 88.4 Å². The maximum Gasteiger partial charge on any atom is 0.261 e. The minimum atomic E-state index is -3.37. The van der Waals surface area contributed by atoms with Crippen molar-refractivity contribution in [3.8, 4) is 0 Å². The van der Waals surface area contributed by atoms with Crippen LogP contribution >= 0.6 is 0 Å². The Morgan fingerprint density at radius 2 is 1.39 bits per heavy atom. The van der Waals surface area contributed by atoms with Gasteiger partial charge in [-0.25, -0.2) is 8.42 Å². The number of hydrogen-bond acceptors (Lipinski definition) is 4. The molecule has 3 atom stereocenters. The molecule has 1 aliphatic heterocycles. The summed E-state index contributed by atoms with van der Waals surface area (Å²) in [7, 11) is -6.02. The first kappa shape index (κ1) is 28.7. The van der Waals surface area contributed by atoms with E-state index < -0.39 is 18.2 Å². The molecular formula is C32H42O4SSi. The third kappa shape index (κ3) is 6.31. The van der Waals surface area contributed by atoms with Crippen molar-refractivity contribution in [2.75, 3.05) is 12.4 Å². The molecule has 0 spiro atoms. The van der Waals surface area contributed by atoms with Gasteiger partial charge in [-0.3, -0.25) is 0 Å². The zero-order valence-electron chi connectivity index (χ0n) is 23.2. The van der Waals surface area contributed by atoms with Gasteiger partial charge in [0.1, 0.15) is 0 Å². The molecule has 38 heavy (non-hydrogen) atoms. The van der Waals surface area contributed by atoms with Crippen LogP contribution in [-0.4, -0.2) is 41.3 Å². The standard InChI is InChI=1S/C32H42O4SSi/c1-5-26(25-37(33,34)28-17-9-6-10-18-28)31-23-15-16-27(36-31)24-35-38(32(2,3)4,29-19-11-7-12-20-29)30-21-13-8-14-22-30/h6-14,17-22,26-27,31H,5,15-16,23-25H2,1-4H3/t26-,27+,31+/m1/s1. The SMILES string of the molecule is CC[C@H](CS(=O)(=O)c1ccccc1)[C@@H]1CCC[C@@H](CO[Si](c2ccccc2)(c2ccccc2)C(C)(C)C)O1. The largest absolute Gasteiger partial charge is 0.405 e. The Morgan fingerprint density at radius 1 is 0.868 bits per heavy atom. The van der Waals surface area contributed by atoms with E-state index in [1.165, 1.54) is 10.4 Å². The van der Waals surface area contributed by atoms with Crippen LogP contribution in [0.4, 0.5) is 0 Å². The highest BCUT2D eigenvalue weighted by molar-refractivity contribution is 7.91. The second-order valence-electron chi connectivity index (χ2n) is 11.5. The van der Waals surface area contributed by atoms with Gasteiger partial charge in [-0.1, -0.05) is 107 Å². The van der Waals surface area contributed by atoms with Crippen molar-refractivity contribution in [3.63, 3.8) is 0 Å². The summed E-state index contributed by atoms with van der Waals surface area (Å²) in [5, 5.41) is 2.41. The molecule has 0 aromatic heterocycles. The van der Waals surface area contributed by atoms with Gasteiger partial charge in [-0.15, -0.1) is 0 Å². The monoisotopic (exact) mass is 550 g/mol. The van der Waals surface area contributed by atoms with Gasteiger partial charge >= 0.3 is 0 Å². The molecule has 3 aromatic rings. The Labute approximate surface area is 230 Å². The van der Waals surface area contributed by atoms with Gasteiger partial charge in [0.15, 0.2) is 9.84 Å². The average molecular weight is 551 g/mol. The quantitative estimate of drug-likeness (QED) is 0.291. The lowest BCUT2D eigenvalue weighted by Crippen LogP contribution is -2.67. The maximum absolute atomic E-state index is 13.1. The lowest BCUT2D eigenvalue weighted by atomic mass is 9.93. The first-order valence-corrected chi connectivity index (χ1v) is 17.4. The van der Waals surface area contributed by atoms with Crippen molar-refractivity contribution < 1.29 is 17.6 Å². The van der Waals surface area contributed by atoms with Crippen molar-refractivity contribution >= 4 is 28.5 Å². The van der Waals surface area contributed by atoms with Gasteiger partial charge in [-0.2, -0.15) is 0 Å². The summed E-state index contributed by atoms with van der Waals surface area (Å²) in [6.45, 7) is 9.42. The molecule has 3 aromatic carbocycles. The summed E-state index contributed by atoms with van der Waals surface area (Å²) in [5.41, 5.74) is 0. The fourth-order valence-electron chi connectivity index (χ4n) is 5.87. The fraction of sp³-hybridized carbons (Fsp3) is 0.438. The van der Waals surface area contributed by atoms with Crippen LogP contribution in [0.1, 0.15) is 53.4 Å². The van der Waals surface area contributed by atoms with E-state index in [0.29, 0.717) is 11.5 Å². The first-order valence-electron chi connectivity index (χ1n) is 13.9. The maximum atomic E-state index is 13.1. The first-order chi connectivity index (χ1) is 18.2. The van der Waals surface area contributed by atoms with Crippen LogP contribution in [0.2, 0.25) is 5.04 Å². The predicted molar refractivity (Wildman–Crippen MR) is 158 cm³/mol. The lowest BCUT2D eigenvalue weighted by Gasteiger charge is -2.44. The second kappa shape index (κ2) is 12.3. The van der Waals surface area contributed by atoms with Crippen LogP contribution < -0.4 is 10.4 Å². The highest BCUT2D eigenvalue weighted by atomic mass is 32.2. The molecule has 0 saturated carbocycles. The Morgan fingerprint density at radius 3 is 1.89 bits per heavy atom. The van der Waals surface area contributed by atoms with E-state index in [9.17, 15) is 8.42 Å². The number of benzene rings is 3. The van der Waals surface area contributed by atoms with Crippen molar-refractivity contribution in [1.29, 1.82) is 0 Å². The molecule has 0 bridgehead atoms. The third-order valence-corrected chi connectivity index (χ3v) is 14.7. The molecule has 0 amide bonds. The van der Waals surface area contributed by atoms with Gasteiger partial charge in [-0.05, 0) is 59.1 Å². The summed E-state index contributed by atoms with van der Waals surface area (Å²) in [4.78, 5) is 0.390. The number of hydrogen-bond donors (Lipinski definition) is 0. The van der Waals surface area contributed by atoms with Crippen molar-refractivity contribution in [3.05, 3.63) is 91.0 Å². The van der Waals surface area contributed by atoms with Crippen LogP contribution in [0.5, 0.6) is 0 Å². The van der Waals surface area contributed by atoms with Crippen molar-refractivity contribution in [1.82, 2.24) is 0 Å². The van der Waals surface area contributed by atoms with Crippen molar-refractivity contribution in [2.24, 2.45) is 5.92 Å². The van der Waals surface area contributed by atoms with Gasteiger partial charge in [0.2, 0.25) is 0 Å². The number of sulfone groups is 1. The molecule has 4 rings (SSSR count). The van der Waals surface area contributed by atoms with Gasteiger partial charge in [0.25, 0.3) is 8.32 Å². The summed E-state index contributed by atoms with van der Waals surface area (Å²) in [6.07, 6.45) is 3.46. The summed E-state index contributed by atoms with van der Waals surface area (Å²) in [5.74, 6) is 0.0661. The summed E-state index contributed by atoms with van der Waals surface area (Å²) >= 11 is 0. The average Bonchev–Trinajstić information content (AvgIpc) is 2.93. The molecule has 1 aliphatic rings. The molecular weight excluding hydrogens is 509 g/mol. The van der Waals surface area contributed by atoms with E-state index in [-0.39, 0.29) is 28.9 Å². The van der Waals surface area contributed by atoms with Gasteiger partial charge in [0, 0.05) is 0 Å². The Hall–Kier alpha value is -2.25. The number of rotatable bonds is 10. The van der Waals surface area contributed by atoms with Crippen LogP contribution in [0.3, 0.4) is 0 Å². The zero-order chi connectivity index (χ0) is 27.2. The molecule has 4 nitrogen and oxygen atoms in total. The summed E-state index contributed by atoms with van der Waals surface area (Å²) in [6, 6.07) is 30.1. The van der Waals surface area contributed by atoms with E-state index in [1.54, 1.807) is 24.3 Å². The van der Waals surface area contributed by atoms with E-state index in [1.807, 2.05) is 6.07 Å². The minimum absolute atomic E-state index is 0.0455. The Kier molecular flexibility index (Phi) is 9.30. The van der Waals surface area contributed by atoms with E-state index in [4.69, 9.17) is 9.16 Å². The second-order valence-corrected chi connectivity index (χ2v) is 17.8. The smallest absolute Gasteiger partial charge is 0.261 e. The van der Waals surface area contributed by atoms with Crippen LogP contribution in [0, 0.1) is 5.92 Å². The van der Waals surface area contributed by atoms with E-state index >= 15 is 0 Å². The third-order valence-electron chi connectivity index (χ3n) is 7.87. The van der Waals surface area contributed by atoms with Gasteiger partial charge < -0.3 is 9.16 Å². The zero-order valence-corrected chi connectivity index (χ0v) is 25.0. The minimum Gasteiger partial charge on any atom is -0.405 e. The molecule has 6 heteroatoms. The molecule has 1 heterocycles. The molecule has 1 fully saturated rings. The fourth-order valence-corrected chi connectivity index (χ4v) is 12.2. The van der Waals surface area contributed by atoms with Crippen LogP contribution in [0.25, 0.3) is 0 Å². The Balaban J connectivity index is 1.54. The molecule has 204 valence electrons. The molecule has 0 unspecified atom stereocenters. The number of ether oxygens (including phenoxy) is 1. The molecule has 0 radical (unpaired) electrons.